The lowest BCUT2D eigenvalue weighted by atomic mass is 9.85. The van der Waals surface area contributed by atoms with Gasteiger partial charge in [0, 0.05) is 29.5 Å². The molecule has 1 aliphatic heterocycles. The zero-order valence-corrected chi connectivity index (χ0v) is 17.9. The number of benzene rings is 1. The third kappa shape index (κ3) is 3.90. The Balaban J connectivity index is 1.85. The van der Waals surface area contributed by atoms with Crippen molar-refractivity contribution in [3.8, 4) is 17.3 Å². The maximum Gasteiger partial charge on any atom is 0.264 e. The number of aryl methyl sites for hydroxylation is 1. The van der Waals surface area contributed by atoms with Crippen LogP contribution in [-0.2, 0) is 4.79 Å². The van der Waals surface area contributed by atoms with Gasteiger partial charge in [0.05, 0.1) is 19.4 Å². The molecule has 2 aromatic heterocycles. The first-order valence-corrected chi connectivity index (χ1v) is 10.1. The molecule has 0 aliphatic carbocycles. The van der Waals surface area contributed by atoms with Crippen LogP contribution in [0.4, 0.5) is 5.82 Å². The number of nitrogens with zero attached hydrogens (tertiary/aromatic N) is 3. The molecular weight excluding hydrogens is 398 g/mol. The minimum atomic E-state index is -0.313. The van der Waals surface area contributed by atoms with Gasteiger partial charge in [-0.15, -0.1) is 0 Å². The summed E-state index contributed by atoms with van der Waals surface area (Å²) in [6, 6.07) is 8.63. The fourth-order valence-electron chi connectivity index (χ4n) is 3.81. The fraction of sp³-hybridized carbons (Fsp3) is 0.364. The highest BCUT2D eigenvalue weighted by Crippen LogP contribution is 2.45. The lowest BCUT2D eigenvalue weighted by Crippen LogP contribution is -2.25. The number of methoxy groups -OCH3 is 1. The number of aromatic nitrogens is 4. The predicted octanol–water partition coefficient (Wildman–Crippen LogP) is 2.78. The van der Waals surface area contributed by atoms with Crippen LogP contribution in [0.25, 0.3) is 5.82 Å². The number of fused-ring (bicyclic) bond motifs is 1. The largest absolute Gasteiger partial charge is 0.493 e. The van der Waals surface area contributed by atoms with Gasteiger partial charge >= 0.3 is 0 Å². The Labute approximate surface area is 179 Å². The van der Waals surface area contributed by atoms with Gasteiger partial charge in [-0.05, 0) is 25.0 Å². The molecule has 0 fully saturated rings. The number of nitrogens with one attached hydrogen (secondary N) is 2. The van der Waals surface area contributed by atoms with Crippen molar-refractivity contribution in [2.75, 3.05) is 19.0 Å². The van der Waals surface area contributed by atoms with Crippen LogP contribution in [0.2, 0.25) is 0 Å². The second kappa shape index (κ2) is 8.25. The van der Waals surface area contributed by atoms with Crippen molar-refractivity contribution in [3.63, 3.8) is 0 Å². The molecule has 0 unspecified atom stereocenters. The zero-order chi connectivity index (χ0) is 22.1. The first-order valence-electron chi connectivity index (χ1n) is 10.1. The molecule has 3 heterocycles. The average molecular weight is 423 g/mol. The predicted molar refractivity (Wildman–Crippen MR) is 115 cm³/mol. The quantitative estimate of drug-likeness (QED) is 0.631. The smallest absolute Gasteiger partial charge is 0.264 e. The van der Waals surface area contributed by atoms with E-state index in [1.54, 1.807) is 17.9 Å². The molecular formula is C22H25N5O4. The number of ether oxygens (including phenoxy) is 2. The van der Waals surface area contributed by atoms with Gasteiger partial charge < -0.3 is 14.8 Å². The van der Waals surface area contributed by atoms with Crippen LogP contribution in [-0.4, -0.2) is 39.6 Å². The number of para-hydroxylation sites is 1. The van der Waals surface area contributed by atoms with E-state index < -0.39 is 0 Å². The Kier molecular flexibility index (Phi) is 5.50. The summed E-state index contributed by atoms with van der Waals surface area (Å²) in [5, 5.41) is 14.0. The first kappa shape index (κ1) is 20.6. The van der Waals surface area contributed by atoms with Gasteiger partial charge in [-0.1, -0.05) is 26.0 Å². The van der Waals surface area contributed by atoms with E-state index in [2.05, 4.69) is 34.5 Å². The van der Waals surface area contributed by atoms with Crippen LogP contribution in [0.5, 0.6) is 11.5 Å². The molecule has 3 aromatic rings. The summed E-state index contributed by atoms with van der Waals surface area (Å²) in [7, 11) is 1.60. The molecule has 4 rings (SSSR count). The summed E-state index contributed by atoms with van der Waals surface area (Å²) in [5.41, 5.74) is 2.20. The molecule has 1 amide bonds. The van der Waals surface area contributed by atoms with E-state index in [1.807, 2.05) is 25.1 Å². The molecule has 162 valence electrons. The SMILES string of the molecule is COc1cccc([C@H]2CC(=O)Nc3c2c(C)nn3-c2ccc(=O)[nH]n2)c1OCC(C)C. The van der Waals surface area contributed by atoms with E-state index in [-0.39, 0.29) is 23.8 Å². The highest BCUT2D eigenvalue weighted by molar-refractivity contribution is 5.95. The van der Waals surface area contributed by atoms with E-state index in [4.69, 9.17) is 9.47 Å². The molecule has 1 atom stereocenters. The molecule has 0 saturated carbocycles. The van der Waals surface area contributed by atoms with Gasteiger partial charge in [0.25, 0.3) is 5.56 Å². The van der Waals surface area contributed by atoms with Gasteiger partial charge in [0.2, 0.25) is 5.91 Å². The summed E-state index contributed by atoms with van der Waals surface area (Å²) in [5.74, 6) is 2.14. The molecule has 2 N–H and O–H groups in total. The molecule has 1 aliphatic rings. The molecule has 31 heavy (non-hydrogen) atoms. The monoisotopic (exact) mass is 423 g/mol. The summed E-state index contributed by atoms with van der Waals surface area (Å²) in [6.45, 7) is 6.57. The van der Waals surface area contributed by atoms with Crippen molar-refractivity contribution >= 4 is 11.7 Å². The first-order chi connectivity index (χ1) is 14.9. The van der Waals surface area contributed by atoms with E-state index in [9.17, 15) is 9.59 Å². The second-order valence-corrected chi connectivity index (χ2v) is 7.93. The van der Waals surface area contributed by atoms with Crippen LogP contribution < -0.4 is 20.3 Å². The minimum Gasteiger partial charge on any atom is -0.493 e. The molecule has 0 radical (unpaired) electrons. The number of carbonyl (C=O) groups is 1. The molecule has 0 saturated heterocycles. The van der Waals surface area contributed by atoms with Crippen molar-refractivity contribution in [3.05, 3.63) is 57.5 Å². The number of hydrogen-bond donors (Lipinski definition) is 2. The van der Waals surface area contributed by atoms with Crippen molar-refractivity contribution in [1.29, 1.82) is 0 Å². The Morgan fingerprint density at radius 2 is 2.03 bits per heavy atom. The number of aromatic amines is 1. The third-order valence-electron chi connectivity index (χ3n) is 5.15. The maximum absolute atomic E-state index is 12.7. The van der Waals surface area contributed by atoms with Crippen molar-refractivity contribution in [2.45, 2.75) is 33.1 Å². The second-order valence-electron chi connectivity index (χ2n) is 7.93. The van der Waals surface area contributed by atoms with Gasteiger partial charge in [-0.2, -0.15) is 14.9 Å². The molecule has 0 bridgehead atoms. The molecule has 1 aromatic carbocycles. The van der Waals surface area contributed by atoms with Crippen molar-refractivity contribution in [2.24, 2.45) is 5.92 Å². The van der Waals surface area contributed by atoms with E-state index in [0.29, 0.717) is 35.7 Å². The topological polar surface area (TPSA) is 111 Å². The number of rotatable bonds is 6. The summed E-state index contributed by atoms with van der Waals surface area (Å²) in [4.78, 5) is 24.1. The van der Waals surface area contributed by atoms with Gasteiger partial charge in [0.1, 0.15) is 5.82 Å². The average Bonchev–Trinajstić information content (AvgIpc) is 3.08. The zero-order valence-electron chi connectivity index (χ0n) is 17.9. The van der Waals surface area contributed by atoms with Crippen molar-refractivity contribution in [1.82, 2.24) is 20.0 Å². The Morgan fingerprint density at radius 3 is 2.71 bits per heavy atom. The Morgan fingerprint density at radius 1 is 1.23 bits per heavy atom. The van der Waals surface area contributed by atoms with E-state index in [0.717, 1.165) is 16.8 Å². The summed E-state index contributed by atoms with van der Waals surface area (Å²) in [6.07, 6.45) is 0.254. The number of hydrogen-bond acceptors (Lipinski definition) is 6. The standard InChI is InChI=1S/C22H25N5O4/c1-12(2)11-31-21-14(6-5-7-16(21)30-4)15-10-19(29)23-22-20(15)13(3)26-27(22)17-8-9-18(28)25-24-17/h5-9,12,15H,10-11H2,1-4H3,(H,23,29)(H,25,28)/t15-/m1/s1. The maximum atomic E-state index is 12.7. The highest BCUT2D eigenvalue weighted by atomic mass is 16.5. The Hall–Kier alpha value is -3.62. The number of carbonyl (C=O) groups excluding carboxylic acids is 1. The van der Waals surface area contributed by atoms with Crippen LogP contribution in [0, 0.1) is 12.8 Å². The summed E-state index contributed by atoms with van der Waals surface area (Å²) >= 11 is 0. The fourth-order valence-corrected chi connectivity index (χ4v) is 3.81. The van der Waals surface area contributed by atoms with Gasteiger partial charge in [-0.25, -0.2) is 5.10 Å². The van der Waals surface area contributed by atoms with Gasteiger partial charge in [0.15, 0.2) is 17.3 Å². The number of H-pyrrole nitrogens is 1. The van der Waals surface area contributed by atoms with Crippen LogP contribution in [0.1, 0.15) is 43.0 Å². The normalized spacial score (nSPS) is 15.5. The number of amides is 1. The van der Waals surface area contributed by atoms with Crippen LogP contribution in [0.3, 0.4) is 0 Å². The Bertz CT molecular complexity index is 1160. The lowest BCUT2D eigenvalue weighted by Gasteiger charge is -2.27. The summed E-state index contributed by atoms with van der Waals surface area (Å²) < 4.78 is 13.2. The van der Waals surface area contributed by atoms with Crippen LogP contribution in [0.15, 0.2) is 35.1 Å². The van der Waals surface area contributed by atoms with E-state index in [1.165, 1.54) is 6.07 Å². The van der Waals surface area contributed by atoms with Crippen LogP contribution >= 0.6 is 0 Å². The van der Waals surface area contributed by atoms with E-state index >= 15 is 0 Å². The molecule has 9 nitrogen and oxygen atoms in total. The minimum absolute atomic E-state index is 0.138. The lowest BCUT2D eigenvalue weighted by molar-refractivity contribution is -0.116. The van der Waals surface area contributed by atoms with Gasteiger partial charge in [-0.3, -0.25) is 9.59 Å². The molecule has 0 spiro atoms. The molecule has 9 heteroatoms. The number of anilines is 1. The highest BCUT2D eigenvalue weighted by Gasteiger charge is 2.35. The third-order valence-corrected chi connectivity index (χ3v) is 5.15. The van der Waals surface area contributed by atoms with Crippen molar-refractivity contribution < 1.29 is 14.3 Å².